The summed E-state index contributed by atoms with van der Waals surface area (Å²) in [7, 11) is 2.06. The monoisotopic (exact) mass is 368 g/mol. The molecule has 0 radical (unpaired) electrons. The number of nitrogens with one attached hydrogen (secondary N) is 1. The van der Waals surface area contributed by atoms with E-state index in [-0.39, 0.29) is 24.0 Å². The van der Waals surface area contributed by atoms with Gasteiger partial charge < -0.3 is 10.2 Å². The van der Waals surface area contributed by atoms with Gasteiger partial charge in [0.25, 0.3) is 0 Å². The van der Waals surface area contributed by atoms with Gasteiger partial charge in [0.2, 0.25) is 0 Å². The van der Waals surface area contributed by atoms with E-state index in [1.54, 1.807) is 0 Å². The predicted molar refractivity (Wildman–Crippen MR) is 88.9 cm³/mol. The fourth-order valence-corrected chi connectivity index (χ4v) is 2.14. The highest BCUT2D eigenvalue weighted by Gasteiger charge is 2.11. The van der Waals surface area contributed by atoms with E-state index >= 15 is 0 Å². The molecule has 0 spiro atoms. The van der Waals surface area contributed by atoms with Crippen molar-refractivity contribution in [3.63, 3.8) is 0 Å². The van der Waals surface area contributed by atoms with E-state index in [0.29, 0.717) is 0 Å². The summed E-state index contributed by atoms with van der Waals surface area (Å²) in [6.07, 6.45) is 1.82. The maximum atomic E-state index is 4.41. The van der Waals surface area contributed by atoms with Crippen molar-refractivity contribution >= 4 is 40.8 Å². The molecule has 0 saturated heterocycles. The van der Waals surface area contributed by atoms with Crippen molar-refractivity contribution in [1.82, 2.24) is 15.2 Å². The lowest BCUT2D eigenvalue weighted by Crippen LogP contribution is -2.35. The fraction of sp³-hybridized carbons (Fsp3) is 0.286. The van der Waals surface area contributed by atoms with Crippen molar-refractivity contribution in [2.24, 2.45) is 4.99 Å². The van der Waals surface area contributed by atoms with Gasteiger partial charge in [-0.3, -0.25) is 9.98 Å². The summed E-state index contributed by atoms with van der Waals surface area (Å²) in [6.45, 7) is 2.69. The number of rotatable bonds is 2. The zero-order valence-corrected chi connectivity index (χ0v) is 13.2. The summed E-state index contributed by atoms with van der Waals surface area (Å²) in [5.41, 5.74) is 2.29. The van der Waals surface area contributed by atoms with E-state index in [4.69, 9.17) is 0 Å². The highest BCUT2D eigenvalue weighted by Crippen LogP contribution is 2.13. The number of hydrogen-bond donors (Lipinski definition) is 1. The van der Waals surface area contributed by atoms with Crippen LogP contribution >= 0.6 is 24.0 Å². The Labute approximate surface area is 130 Å². The van der Waals surface area contributed by atoms with Gasteiger partial charge in [0, 0.05) is 31.7 Å². The Morgan fingerprint density at radius 2 is 2.21 bits per heavy atom. The number of hydrogen-bond acceptors (Lipinski definition) is 4. The van der Waals surface area contributed by atoms with E-state index in [0.717, 1.165) is 31.1 Å². The molecule has 0 amide bonds. The van der Waals surface area contributed by atoms with E-state index < -0.39 is 0 Å². The first kappa shape index (κ1) is 14.0. The van der Waals surface area contributed by atoms with Gasteiger partial charge in [-0.05, 0) is 23.8 Å². The van der Waals surface area contributed by atoms with Gasteiger partial charge in [-0.25, -0.2) is 0 Å². The molecule has 2 heterocycles. The van der Waals surface area contributed by atoms with Gasteiger partial charge >= 0.3 is 0 Å². The molecule has 0 saturated carbocycles. The second kappa shape index (κ2) is 6.18. The Balaban J connectivity index is 0.00000133. The van der Waals surface area contributed by atoms with E-state index in [9.17, 15) is 0 Å². The maximum Gasteiger partial charge on any atom is 0.194 e. The summed E-state index contributed by atoms with van der Waals surface area (Å²) in [5, 5.41) is 4.55. The molecular formula is C14H17IN4. The van der Waals surface area contributed by atoms with Gasteiger partial charge in [0.05, 0.1) is 12.1 Å². The molecule has 19 heavy (non-hydrogen) atoms. The van der Waals surface area contributed by atoms with Crippen LogP contribution in [0, 0.1) is 0 Å². The number of benzene rings is 1. The van der Waals surface area contributed by atoms with Crippen molar-refractivity contribution in [2.45, 2.75) is 6.54 Å². The minimum atomic E-state index is 0. The van der Waals surface area contributed by atoms with Crippen LogP contribution < -0.4 is 5.32 Å². The predicted octanol–water partition coefficient (Wildman–Crippen LogP) is 2.24. The van der Waals surface area contributed by atoms with E-state index in [1.807, 2.05) is 12.3 Å². The zero-order valence-electron chi connectivity index (χ0n) is 10.8. The van der Waals surface area contributed by atoms with Crippen LogP contribution in [0.15, 0.2) is 41.5 Å². The molecule has 3 rings (SSSR count). The molecule has 1 aliphatic rings. The molecule has 0 bridgehead atoms. The number of halogens is 1. The van der Waals surface area contributed by atoms with E-state index in [1.165, 1.54) is 10.9 Å². The molecule has 1 aromatic carbocycles. The van der Waals surface area contributed by atoms with Crippen LogP contribution in [0.25, 0.3) is 10.9 Å². The summed E-state index contributed by atoms with van der Waals surface area (Å²) in [5.74, 6) is 0.987. The van der Waals surface area contributed by atoms with Crippen LogP contribution in [-0.4, -0.2) is 36.0 Å². The SMILES string of the molecule is CN1CCN=C1NCc1ccc2ncccc2c1.I. The highest BCUT2D eigenvalue weighted by atomic mass is 127. The molecule has 1 aromatic heterocycles. The first-order chi connectivity index (χ1) is 8.83. The minimum absolute atomic E-state index is 0. The summed E-state index contributed by atoms with van der Waals surface area (Å²) in [4.78, 5) is 10.9. The third-order valence-electron chi connectivity index (χ3n) is 3.18. The molecule has 0 unspecified atom stereocenters. The first-order valence-corrected chi connectivity index (χ1v) is 6.16. The molecule has 0 atom stereocenters. The largest absolute Gasteiger partial charge is 0.352 e. The minimum Gasteiger partial charge on any atom is -0.352 e. The smallest absolute Gasteiger partial charge is 0.194 e. The van der Waals surface area contributed by atoms with Crippen LogP contribution in [0.5, 0.6) is 0 Å². The Kier molecular flexibility index (Phi) is 4.57. The number of aromatic nitrogens is 1. The summed E-state index contributed by atoms with van der Waals surface area (Å²) >= 11 is 0. The third kappa shape index (κ3) is 3.15. The van der Waals surface area contributed by atoms with Crippen molar-refractivity contribution in [3.8, 4) is 0 Å². The number of fused-ring (bicyclic) bond motifs is 1. The van der Waals surface area contributed by atoms with Crippen molar-refractivity contribution in [3.05, 3.63) is 42.1 Å². The van der Waals surface area contributed by atoms with E-state index in [2.05, 4.69) is 51.5 Å². The number of aliphatic imine (C=N–C) groups is 1. The normalized spacial score (nSPS) is 14.2. The maximum absolute atomic E-state index is 4.41. The highest BCUT2D eigenvalue weighted by molar-refractivity contribution is 14.0. The van der Waals surface area contributed by atoms with Crippen molar-refractivity contribution in [2.75, 3.05) is 20.1 Å². The Morgan fingerprint density at radius 3 is 3.00 bits per heavy atom. The lowest BCUT2D eigenvalue weighted by atomic mass is 10.1. The molecule has 4 nitrogen and oxygen atoms in total. The Morgan fingerprint density at radius 1 is 1.32 bits per heavy atom. The van der Waals surface area contributed by atoms with Gasteiger partial charge in [0.15, 0.2) is 5.96 Å². The molecule has 2 aromatic rings. The average Bonchev–Trinajstić information content (AvgIpc) is 2.82. The Bertz CT molecular complexity index is 597. The quantitative estimate of drug-likeness (QED) is 0.827. The van der Waals surface area contributed by atoms with Crippen LogP contribution in [-0.2, 0) is 6.54 Å². The molecule has 1 aliphatic heterocycles. The molecule has 100 valence electrons. The second-order valence-electron chi connectivity index (χ2n) is 4.51. The van der Waals surface area contributed by atoms with Crippen LogP contribution in [0.1, 0.15) is 5.56 Å². The van der Waals surface area contributed by atoms with Crippen LogP contribution in [0.4, 0.5) is 0 Å². The van der Waals surface area contributed by atoms with Gasteiger partial charge in [-0.2, -0.15) is 0 Å². The number of nitrogens with zero attached hydrogens (tertiary/aromatic N) is 3. The number of pyridine rings is 1. The zero-order chi connectivity index (χ0) is 12.4. The molecule has 0 aliphatic carbocycles. The Hall–Kier alpha value is -1.37. The van der Waals surface area contributed by atoms with Gasteiger partial charge in [-0.15, -0.1) is 24.0 Å². The van der Waals surface area contributed by atoms with Crippen LogP contribution in [0.2, 0.25) is 0 Å². The molecule has 0 fully saturated rings. The van der Waals surface area contributed by atoms with Crippen molar-refractivity contribution < 1.29 is 0 Å². The number of guanidine groups is 1. The van der Waals surface area contributed by atoms with Crippen LogP contribution in [0.3, 0.4) is 0 Å². The molecule has 5 heteroatoms. The molecular weight excluding hydrogens is 351 g/mol. The van der Waals surface area contributed by atoms with Gasteiger partial charge in [0.1, 0.15) is 0 Å². The summed E-state index contributed by atoms with van der Waals surface area (Å²) in [6, 6.07) is 10.4. The standard InChI is InChI=1S/C14H16N4.HI/c1-18-8-7-16-14(18)17-10-11-4-5-13-12(9-11)3-2-6-15-13;/h2-6,9H,7-8,10H2,1H3,(H,16,17);1H. The summed E-state index contributed by atoms with van der Waals surface area (Å²) < 4.78 is 0. The second-order valence-corrected chi connectivity index (χ2v) is 4.51. The lowest BCUT2D eigenvalue weighted by molar-refractivity contribution is 0.534. The van der Waals surface area contributed by atoms with Crippen molar-refractivity contribution in [1.29, 1.82) is 0 Å². The number of likely N-dealkylation sites (N-methyl/N-ethyl adjacent to an activating group) is 1. The third-order valence-corrected chi connectivity index (χ3v) is 3.18. The topological polar surface area (TPSA) is 40.5 Å². The van der Waals surface area contributed by atoms with Gasteiger partial charge in [-0.1, -0.05) is 12.1 Å². The lowest BCUT2D eigenvalue weighted by Gasteiger charge is -2.15. The first-order valence-electron chi connectivity index (χ1n) is 6.16. The fourth-order valence-electron chi connectivity index (χ4n) is 2.14. The average molecular weight is 368 g/mol. The molecule has 1 N–H and O–H groups in total.